The molecular formula is C16H14IN3O2. The van der Waals surface area contributed by atoms with E-state index in [2.05, 4.69) is 10.6 Å². The van der Waals surface area contributed by atoms with E-state index in [1.165, 1.54) is 5.70 Å². The fourth-order valence-corrected chi connectivity index (χ4v) is 3.31. The molecule has 0 radical (unpaired) electrons. The molecule has 1 amide bonds. The average Bonchev–Trinajstić information content (AvgIpc) is 2.90. The van der Waals surface area contributed by atoms with Crippen LogP contribution in [-0.4, -0.2) is 17.2 Å². The number of fused-ring (bicyclic) bond motifs is 1. The van der Waals surface area contributed by atoms with Crippen molar-refractivity contribution in [3.63, 3.8) is 0 Å². The second-order valence-corrected chi connectivity index (χ2v) is 5.80. The predicted octanol–water partition coefficient (Wildman–Crippen LogP) is 2.94. The van der Waals surface area contributed by atoms with Crippen molar-refractivity contribution < 1.29 is 7.96 Å². The molecule has 1 aliphatic heterocycles. The molecule has 0 atom stereocenters. The minimum absolute atomic E-state index is 0.0300. The average molecular weight is 407 g/mol. The first-order valence-corrected chi connectivity index (χ1v) is 8.02. The second kappa shape index (κ2) is 5.35. The molecule has 2 aliphatic rings. The summed E-state index contributed by atoms with van der Waals surface area (Å²) in [5.41, 5.74) is 4.96. The number of nitrogens with zero attached hydrogens (tertiary/aromatic N) is 1. The van der Waals surface area contributed by atoms with Crippen molar-refractivity contribution in [1.29, 1.82) is 0 Å². The van der Waals surface area contributed by atoms with Gasteiger partial charge in [0.05, 0.1) is 5.52 Å². The summed E-state index contributed by atoms with van der Waals surface area (Å²) >= 11 is 1.84. The van der Waals surface area contributed by atoms with Crippen LogP contribution in [0, 0.1) is 0 Å². The maximum Gasteiger partial charge on any atom is 0.255 e. The number of anilines is 1. The highest BCUT2D eigenvalue weighted by Crippen LogP contribution is 2.30. The zero-order chi connectivity index (χ0) is 15.1. The number of aromatic nitrogens is 1. The van der Waals surface area contributed by atoms with E-state index in [1.807, 2.05) is 59.5 Å². The van der Waals surface area contributed by atoms with Crippen molar-refractivity contribution in [3.8, 4) is 0 Å². The summed E-state index contributed by atoms with van der Waals surface area (Å²) in [7, 11) is 0. The van der Waals surface area contributed by atoms with Crippen molar-refractivity contribution >= 4 is 45.5 Å². The molecule has 0 bridgehead atoms. The van der Waals surface area contributed by atoms with Gasteiger partial charge in [0.1, 0.15) is 0 Å². The number of allylic oxidation sites excluding steroid dienone is 2. The molecule has 2 N–H and O–H groups in total. The zero-order valence-corrected chi connectivity index (χ0v) is 13.9. The van der Waals surface area contributed by atoms with Crippen molar-refractivity contribution in [2.75, 3.05) is 11.9 Å². The van der Waals surface area contributed by atoms with Gasteiger partial charge in [-0.05, 0) is 37.1 Å². The Bertz CT molecular complexity index is 835. The maximum absolute atomic E-state index is 12.5. The molecule has 1 aromatic heterocycles. The predicted molar refractivity (Wildman–Crippen MR) is 93.5 cm³/mol. The lowest BCUT2D eigenvalue weighted by molar-refractivity contribution is -0.112. The smallest absolute Gasteiger partial charge is 0.255 e. The van der Waals surface area contributed by atoms with E-state index in [0.29, 0.717) is 0 Å². The standard InChI is InChI=1S/C16H14IN3O2/c17-22-20-7-6-10-8-11(4-5-15(10)20)19-16(21)12-2-1-3-14-13(12)9-18-14/h2,4-8,18H,1,3,9H2,(H,19,21). The van der Waals surface area contributed by atoms with Gasteiger partial charge in [-0.15, -0.1) is 0 Å². The van der Waals surface area contributed by atoms with Crippen LogP contribution >= 0.6 is 23.0 Å². The summed E-state index contributed by atoms with van der Waals surface area (Å²) in [6.07, 6.45) is 5.82. The Labute approximate surface area is 141 Å². The number of halogens is 1. The first-order valence-electron chi connectivity index (χ1n) is 7.14. The summed E-state index contributed by atoms with van der Waals surface area (Å²) in [4.78, 5) is 12.5. The molecule has 4 rings (SSSR count). The number of amides is 1. The molecule has 6 heteroatoms. The maximum atomic E-state index is 12.5. The van der Waals surface area contributed by atoms with Crippen LogP contribution < -0.4 is 13.8 Å². The Morgan fingerprint density at radius 2 is 2.27 bits per heavy atom. The van der Waals surface area contributed by atoms with Crippen LogP contribution in [0.25, 0.3) is 10.9 Å². The molecule has 0 saturated heterocycles. The zero-order valence-electron chi connectivity index (χ0n) is 11.7. The van der Waals surface area contributed by atoms with Gasteiger partial charge >= 0.3 is 0 Å². The number of carbonyl (C=O) groups excluding carboxylic acids is 1. The molecule has 2 aromatic rings. The number of nitrogens with one attached hydrogen (secondary N) is 2. The van der Waals surface area contributed by atoms with Crippen LogP contribution in [0.5, 0.6) is 0 Å². The van der Waals surface area contributed by atoms with Crippen molar-refractivity contribution in [2.24, 2.45) is 0 Å². The van der Waals surface area contributed by atoms with Gasteiger partial charge in [-0.2, -0.15) is 4.73 Å². The number of benzene rings is 1. The molecule has 1 aromatic carbocycles. The molecule has 0 fully saturated rings. The normalized spacial score (nSPS) is 16.5. The van der Waals surface area contributed by atoms with Gasteiger partial charge in [0.25, 0.3) is 5.91 Å². The molecule has 5 nitrogen and oxygen atoms in total. The quantitative estimate of drug-likeness (QED) is 0.770. The van der Waals surface area contributed by atoms with E-state index in [1.54, 1.807) is 4.73 Å². The van der Waals surface area contributed by atoms with Crippen LogP contribution in [0.1, 0.15) is 12.8 Å². The largest absolute Gasteiger partial charge is 0.384 e. The molecule has 0 spiro atoms. The Kier molecular flexibility index (Phi) is 3.33. The van der Waals surface area contributed by atoms with Gasteiger partial charge in [0.2, 0.25) is 23.0 Å². The highest BCUT2D eigenvalue weighted by Gasteiger charge is 2.26. The summed E-state index contributed by atoms with van der Waals surface area (Å²) < 4.78 is 6.88. The Balaban J connectivity index is 1.58. The van der Waals surface area contributed by atoms with Gasteiger partial charge < -0.3 is 13.8 Å². The molecule has 0 saturated carbocycles. The van der Waals surface area contributed by atoms with E-state index in [9.17, 15) is 4.79 Å². The Morgan fingerprint density at radius 3 is 3.05 bits per heavy atom. The molecule has 2 heterocycles. The van der Waals surface area contributed by atoms with E-state index in [4.69, 9.17) is 3.17 Å². The lowest BCUT2D eigenvalue weighted by atomic mass is 9.89. The molecular weight excluding hydrogens is 393 g/mol. The Morgan fingerprint density at radius 1 is 1.36 bits per heavy atom. The van der Waals surface area contributed by atoms with Crippen LogP contribution in [0.15, 0.2) is 53.4 Å². The first-order chi connectivity index (χ1) is 10.8. The van der Waals surface area contributed by atoms with E-state index in [0.717, 1.165) is 47.1 Å². The summed E-state index contributed by atoms with van der Waals surface area (Å²) in [5.74, 6) is -0.0300. The summed E-state index contributed by atoms with van der Waals surface area (Å²) in [6, 6.07) is 7.75. The minimum atomic E-state index is -0.0300. The minimum Gasteiger partial charge on any atom is -0.384 e. The Hall–Kier alpha value is -1.96. The number of carbonyl (C=O) groups is 1. The van der Waals surface area contributed by atoms with Crippen LogP contribution in [0.3, 0.4) is 0 Å². The monoisotopic (exact) mass is 407 g/mol. The summed E-state index contributed by atoms with van der Waals surface area (Å²) in [6.45, 7) is 0.795. The fraction of sp³-hybridized carbons (Fsp3) is 0.188. The van der Waals surface area contributed by atoms with Crippen molar-refractivity contribution in [2.45, 2.75) is 12.8 Å². The SMILES string of the molecule is O=C(Nc1ccc2c(ccn2OI)c1)C1=CCCC2=C1CN2. The molecule has 112 valence electrons. The van der Waals surface area contributed by atoms with Crippen LogP contribution in [-0.2, 0) is 4.79 Å². The van der Waals surface area contributed by atoms with Gasteiger partial charge in [0, 0.05) is 40.7 Å². The van der Waals surface area contributed by atoms with Gasteiger partial charge in [0.15, 0.2) is 0 Å². The molecule has 0 unspecified atom stereocenters. The third-order valence-corrected chi connectivity index (χ3v) is 4.57. The summed E-state index contributed by atoms with van der Waals surface area (Å²) in [5, 5.41) is 7.29. The van der Waals surface area contributed by atoms with E-state index < -0.39 is 0 Å². The van der Waals surface area contributed by atoms with E-state index >= 15 is 0 Å². The number of rotatable bonds is 3. The highest BCUT2D eigenvalue weighted by molar-refractivity contribution is 14.1. The number of hydrogen-bond acceptors (Lipinski definition) is 3. The topological polar surface area (TPSA) is 55.3 Å². The highest BCUT2D eigenvalue weighted by atomic mass is 127. The lowest BCUT2D eigenvalue weighted by Crippen LogP contribution is -2.35. The van der Waals surface area contributed by atoms with E-state index in [-0.39, 0.29) is 5.91 Å². The third kappa shape index (κ3) is 2.18. The second-order valence-electron chi connectivity index (χ2n) is 5.41. The first kappa shape index (κ1) is 13.7. The van der Waals surface area contributed by atoms with Crippen molar-refractivity contribution in [3.05, 3.63) is 53.4 Å². The van der Waals surface area contributed by atoms with Gasteiger partial charge in [-0.25, -0.2) is 0 Å². The molecule has 22 heavy (non-hydrogen) atoms. The van der Waals surface area contributed by atoms with Gasteiger partial charge in [-0.1, -0.05) is 6.08 Å². The van der Waals surface area contributed by atoms with Gasteiger partial charge in [-0.3, -0.25) is 4.79 Å². The third-order valence-electron chi connectivity index (χ3n) is 4.14. The fourth-order valence-electron chi connectivity index (χ4n) is 2.97. The number of hydrogen-bond donors (Lipinski definition) is 2. The van der Waals surface area contributed by atoms with Crippen LogP contribution in [0.4, 0.5) is 5.69 Å². The molecule has 1 aliphatic carbocycles. The lowest BCUT2D eigenvalue weighted by Gasteiger charge is -2.30. The van der Waals surface area contributed by atoms with Crippen LogP contribution in [0.2, 0.25) is 0 Å². The van der Waals surface area contributed by atoms with Crippen molar-refractivity contribution in [1.82, 2.24) is 10.0 Å².